The molecule has 8 heteroatoms. The third-order valence-electron chi connectivity index (χ3n) is 3.75. The van der Waals surface area contributed by atoms with Crippen molar-refractivity contribution in [1.29, 1.82) is 0 Å². The highest BCUT2D eigenvalue weighted by molar-refractivity contribution is 6.18. The van der Waals surface area contributed by atoms with Crippen molar-refractivity contribution in [2.45, 2.75) is 25.0 Å². The summed E-state index contributed by atoms with van der Waals surface area (Å²) in [5.41, 5.74) is 2.16. The molecule has 0 aliphatic rings. The fourth-order valence-corrected chi connectivity index (χ4v) is 2.75. The first-order chi connectivity index (χ1) is 12.0. The van der Waals surface area contributed by atoms with E-state index in [0.717, 1.165) is 37.0 Å². The Bertz CT molecular complexity index is 508. The molecule has 0 aromatic heterocycles. The minimum Gasteiger partial charge on any atom is -0.624 e. The third-order valence-corrected chi connectivity index (χ3v) is 4.09. The second-order valence-electron chi connectivity index (χ2n) is 5.67. The number of anilines is 1. The monoisotopic (exact) mass is 392 g/mol. The summed E-state index contributed by atoms with van der Waals surface area (Å²) >= 11 is 11.6. The molecule has 2 atom stereocenters. The number of aryl methyl sites for hydroxylation is 1. The van der Waals surface area contributed by atoms with Gasteiger partial charge in [-0.15, -0.1) is 23.2 Å². The van der Waals surface area contributed by atoms with E-state index in [1.165, 1.54) is 0 Å². The normalized spacial score (nSPS) is 14.4. The van der Waals surface area contributed by atoms with Crippen molar-refractivity contribution < 1.29 is 20.1 Å². The van der Waals surface area contributed by atoms with Crippen LogP contribution in [0.5, 0.6) is 0 Å². The van der Waals surface area contributed by atoms with Crippen LogP contribution in [-0.2, 0) is 6.42 Å². The molecule has 0 saturated carbocycles. The number of alkyl halides is 2. The highest BCUT2D eigenvalue weighted by Crippen LogP contribution is 2.16. The van der Waals surface area contributed by atoms with Crippen LogP contribution in [0.4, 0.5) is 5.69 Å². The maximum atomic E-state index is 11.6. The highest BCUT2D eigenvalue weighted by atomic mass is 35.5. The SMILES string of the molecule is [O-]/[N+](=C\[C@@H](O)[C@H](O)CO)CCCc1ccc(N(CCCl)CCCl)cc1. The summed E-state index contributed by atoms with van der Waals surface area (Å²) in [5, 5.41) is 39.0. The third kappa shape index (κ3) is 8.25. The first-order valence-electron chi connectivity index (χ1n) is 8.23. The first-order valence-corrected chi connectivity index (χ1v) is 9.30. The van der Waals surface area contributed by atoms with Crippen molar-refractivity contribution in [3.63, 3.8) is 0 Å². The first kappa shape index (κ1) is 22.0. The van der Waals surface area contributed by atoms with E-state index in [2.05, 4.69) is 4.90 Å². The molecule has 0 unspecified atom stereocenters. The van der Waals surface area contributed by atoms with E-state index in [9.17, 15) is 15.4 Å². The zero-order valence-corrected chi connectivity index (χ0v) is 15.6. The summed E-state index contributed by atoms with van der Waals surface area (Å²) in [6.45, 7) is 1.07. The van der Waals surface area contributed by atoms with Crippen molar-refractivity contribution in [2.24, 2.45) is 0 Å². The second kappa shape index (κ2) is 12.3. The van der Waals surface area contributed by atoms with Gasteiger partial charge in [-0.25, -0.2) is 4.74 Å². The average Bonchev–Trinajstić information content (AvgIpc) is 2.61. The molecule has 1 rings (SSSR count). The Morgan fingerprint density at radius 2 is 1.72 bits per heavy atom. The largest absolute Gasteiger partial charge is 0.624 e. The number of halogens is 2. The maximum absolute atomic E-state index is 11.6. The molecule has 3 N–H and O–H groups in total. The number of hydrogen-bond acceptors (Lipinski definition) is 5. The fourth-order valence-electron chi connectivity index (χ4n) is 2.34. The standard InChI is InChI=1S/C17H26Cl2N2O4/c18-7-10-20(11-8-19)15-5-3-14(4-6-15)2-1-9-21(25)12-16(23)17(24)13-22/h3-6,12,16-17,22-24H,1-2,7-11,13H2/b21-12-/t16-,17-/m1/s1. The number of aliphatic hydroxyl groups excluding tert-OH is 3. The quantitative estimate of drug-likeness (QED) is 0.163. The van der Waals surface area contributed by atoms with Gasteiger partial charge >= 0.3 is 0 Å². The van der Waals surface area contributed by atoms with Gasteiger partial charge in [0.2, 0.25) is 0 Å². The molecular weight excluding hydrogens is 367 g/mol. The Hall–Kier alpha value is -1.05. The van der Waals surface area contributed by atoms with Gasteiger partial charge in [0.1, 0.15) is 6.10 Å². The number of nitrogens with zero attached hydrogens (tertiary/aromatic N) is 2. The summed E-state index contributed by atoms with van der Waals surface area (Å²) in [6, 6.07) is 8.04. The lowest BCUT2D eigenvalue weighted by Gasteiger charge is -2.23. The second-order valence-corrected chi connectivity index (χ2v) is 6.42. The summed E-state index contributed by atoms with van der Waals surface area (Å²) in [4.78, 5) is 2.12. The molecule has 0 fully saturated rings. The van der Waals surface area contributed by atoms with Crippen molar-refractivity contribution in [1.82, 2.24) is 0 Å². The zero-order chi connectivity index (χ0) is 18.7. The average molecular weight is 393 g/mol. The molecule has 1 aromatic rings. The van der Waals surface area contributed by atoms with Gasteiger partial charge in [-0.2, -0.15) is 0 Å². The van der Waals surface area contributed by atoms with Gasteiger partial charge in [-0.05, 0) is 24.1 Å². The Labute approximate surface area is 158 Å². The number of hydroxylamine groups is 1. The van der Waals surface area contributed by atoms with Crippen molar-refractivity contribution in [3.8, 4) is 0 Å². The van der Waals surface area contributed by atoms with Crippen LogP contribution in [0.25, 0.3) is 0 Å². The van der Waals surface area contributed by atoms with Crippen LogP contribution < -0.4 is 4.90 Å². The number of benzene rings is 1. The minimum atomic E-state index is -1.36. The van der Waals surface area contributed by atoms with Crippen LogP contribution in [0, 0.1) is 5.21 Å². The summed E-state index contributed by atoms with van der Waals surface area (Å²) in [6.07, 6.45) is -0.407. The van der Waals surface area contributed by atoms with Crippen LogP contribution in [0.3, 0.4) is 0 Å². The number of aliphatic hydroxyl groups is 3. The van der Waals surface area contributed by atoms with Crippen LogP contribution in [0.15, 0.2) is 24.3 Å². The van der Waals surface area contributed by atoms with Gasteiger partial charge in [0.15, 0.2) is 18.9 Å². The highest BCUT2D eigenvalue weighted by Gasteiger charge is 2.16. The summed E-state index contributed by atoms with van der Waals surface area (Å²) in [7, 11) is 0. The van der Waals surface area contributed by atoms with Gasteiger partial charge < -0.3 is 25.4 Å². The molecule has 0 aliphatic heterocycles. The molecule has 0 heterocycles. The van der Waals surface area contributed by atoms with E-state index in [4.69, 9.17) is 28.3 Å². The van der Waals surface area contributed by atoms with E-state index in [1.807, 2.05) is 24.3 Å². The van der Waals surface area contributed by atoms with Gasteiger partial charge in [-0.1, -0.05) is 12.1 Å². The Kier molecular flexibility index (Phi) is 10.8. The summed E-state index contributed by atoms with van der Waals surface area (Å²) in [5.74, 6) is 1.07. The Balaban J connectivity index is 2.49. The smallest absolute Gasteiger partial charge is 0.182 e. The van der Waals surface area contributed by atoms with Gasteiger partial charge in [-0.3, -0.25) is 0 Å². The summed E-state index contributed by atoms with van der Waals surface area (Å²) < 4.78 is 0.584. The molecule has 0 spiro atoms. The van der Waals surface area contributed by atoms with Crippen LogP contribution >= 0.6 is 23.2 Å². The molecule has 0 radical (unpaired) electrons. The Morgan fingerprint density at radius 3 is 2.24 bits per heavy atom. The molecule has 1 aromatic carbocycles. The van der Waals surface area contributed by atoms with E-state index < -0.39 is 18.8 Å². The topological polar surface area (TPSA) is 90.0 Å². The van der Waals surface area contributed by atoms with Crippen LogP contribution in [0.1, 0.15) is 12.0 Å². The van der Waals surface area contributed by atoms with Crippen molar-refractivity contribution in [3.05, 3.63) is 35.0 Å². The zero-order valence-electron chi connectivity index (χ0n) is 14.1. The molecule has 0 saturated heterocycles. The lowest BCUT2D eigenvalue weighted by atomic mass is 10.1. The maximum Gasteiger partial charge on any atom is 0.182 e. The molecule has 0 amide bonds. The molecule has 6 nitrogen and oxygen atoms in total. The van der Waals surface area contributed by atoms with E-state index >= 15 is 0 Å². The van der Waals surface area contributed by atoms with E-state index in [0.29, 0.717) is 22.9 Å². The van der Waals surface area contributed by atoms with Crippen molar-refractivity contribution in [2.75, 3.05) is 42.9 Å². The van der Waals surface area contributed by atoms with E-state index in [-0.39, 0.29) is 6.54 Å². The lowest BCUT2D eigenvalue weighted by Crippen LogP contribution is -2.33. The fraction of sp³-hybridized carbons (Fsp3) is 0.588. The minimum absolute atomic E-state index is 0.196. The van der Waals surface area contributed by atoms with Gasteiger partial charge in [0.05, 0.1) is 6.61 Å². The predicted octanol–water partition coefficient (Wildman–Crippen LogP) is 1.20. The molecule has 0 aliphatic carbocycles. The van der Waals surface area contributed by atoms with Crippen molar-refractivity contribution >= 4 is 35.1 Å². The molecular formula is C17H26Cl2N2O4. The predicted molar refractivity (Wildman–Crippen MR) is 102 cm³/mol. The lowest BCUT2D eigenvalue weighted by molar-refractivity contribution is -0.456. The Morgan fingerprint density at radius 1 is 1.12 bits per heavy atom. The number of hydrogen-bond donors (Lipinski definition) is 3. The van der Waals surface area contributed by atoms with Crippen LogP contribution in [0.2, 0.25) is 0 Å². The van der Waals surface area contributed by atoms with Gasteiger partial charge in [0.25, 0.3) is 0 Å². The molecule has 25 heavy (non-hydrogen) atoms. The number of rotatable bonds is 12. The van der Waals surface area contributed by atoms with E-state index in [1.54, 1.807) is 0 Å². The molecule has 142 valence electrons. The molecule has 0 bridgehead atoms. The van der Waals surface area contributed by atoms with Crippen LogP contribution in [-0.4, -0.2) is 76.5 Å². The van der Waals surface area contributed by atoms with Gasteiger partial charge in [0, 0.05) is 37.0 Å².